The van der Waals surface area contributed by atoms with Gasteiger partial charge in [0.2, 0.25) is 10.0 Å². The summed E-state index contributed by atoms with van der Waals surface area (Å²) < 4.78 is 27.8. The summed E-state index contributed by atoms with van der Waals surface area (Å²) in [5, 5.41) is 3.06. The van der Waals surface area contributed by atoms with Crippen LogP contribution in [0.25, 0.3) is 0 Å². The first-order valence-corrected chi connectivity index (χ1v) is 12.1. The lowest BCUT2D eigenvalue weighted by molar-refractivity contribution is 0.0934. The Labute approximate surface area is 178 Å². The molecule has 7 heteroatoms. The number of nitrogens with zero attached hydrogens (tertiary/aromatic N) is 2. The van der Waals surface area contributed by atoms with Crippen LogP contribution in [0.2, 0.25) is 0 Å². The van der Waals surface area contributed by atoms with E-state index in [1.165, 1.54) is 9.87 Å². The van der Waals surface area contributed by atoms with Crippen LogP contribution in [0.3, 0.4) is 0 Å². The third kappa shape index (κ3) is 4.74. The van der Waals surface area contributed by atoms with Gasteiger partial charge in [0.05, 0.1) is 10.5 Å². The second-order valence-corrected chi connectivity index (χ2v) is 10.0. The van der Waals surface area contributed by atoms with Gasteiger partial charge in [-0.1, -0.05) is 48.9 Å². The molecule has 1 unspecified atom stereocenters. The van der Waals surface area contributed by atoms with Gasteiger partial charge in [0.15, 0.2) is 0 Å². The normalized spacial score (nSPS) is 20.9. The van der Waals surface area contributed by atoms with Crippen molar-refractivity contribution in [3.05, 3.63) is 65.7 Å². The third-order valence-corrected chi connectivity index (χ3v) is 7.88. The first-order valence-electron chi connectivity index (χ1n) is 10.7. The highest BCUT2D eigenvalue weighted by Gasteiger charge is 2.31. The summed E-state index contributed by atoms with van der Waals surface area (Å²) >= 11 is 0. The van der Waals surface area contributed by atoms with E-state index in [1.807, 2.05) is 18.2 Å². The molecule has 0 saturated carbocycles. The average molecular weight is 428 g/mol. The summed E-state index contributed by atoms with van der Waals surface area (Å²) in [5.74, 6) is -0.308. The highest BCUT2D eigenvalue weighted by molar-refractivity contribution is 7.89. The van der Waals surface area contributed by atoms with Crippen molar-refractivity contribution in [1.82, 2.24) is 14.5 Å². The molecule has 4 rings (SSSR count). The van der Waals surface area contributed by atoms with Crippen LogP contribution in [0.5, 0.6) is 0 Å². The molecule has 2 heterocycles. The SMILES string of the molecule is O=C(NC1CCN(Cc2ccccc2)C1)c1ccccc1S(=O)(=O)N1CCCCC1. The Morgan fingerprint density at radius 3 is 2.40 bits per heavy atom. The number of carbonyl (C=O) groups excluding carboxylic acids is 1. The highest BCUT2D eigenvalue weighted by Crippen LogP contribution is 2.24. The quantitative estimate of drug-likeness (QED) is 0.770. The van der Waals surface area contributed by atoms with Crippen LogP contribution in [0, 0.1) is 0 Å². The van der Waals surface area contributed by atoms with Crippen molar-refractivity contribution >= 4 is 15.9 Å². The van der Waals surface area contributed by atoms with E-state index in [1.54, 1.807) is 24.3 Å². The highest BCUT2D eigenvalue weighted by atomic mass is 32.2. The van der Waals surface area contributed by atoms with E-state index in [-0.39, 0.29) is 22.4 Å². The van der Waals surface area contributed by atoms with Gasteiger partial charge in [-0.3, -0.25) is 9.69 Å². The minimum atomic E-state index is -3.66. The number of piperidine rings is 1. The van der Waals surface area contributed by atoms with Crippen molar-refractivity contribution in [3.63, 3.8) is 0 Å². The Kier molecular flexibility index (Phi) is 6.51. The van der Waals surface area contributed by atoms with Crippen molar-refractivity contribution in [2.24, 2.45) is 0 Å². The van der Waals surface area contributed by atoms with Crippen LogP contribution in [0.4, 0.5) is 0 Å². The predicted octanol–water partition coefficient (Wildman–Crippen LogP) is 2.87. The number of hydrogen-bond acceptors (Lipinski definition) is 4. The fraction of sp³-hybridized carbons (Fsp3) is 0.435. The lowest BCUT2D eigenvalue weighted by atomic mass is 10.2. The van der Waals surface area contributed by atoms with Crippen LogP contribution in [-0.2, 0) is 16.6 Å². The van der Waals surface area contributed by atoms with Crippen molar-refractivity contribution < 1.29 is 13.2 Å². The fourth-order valence-electron chi connectivity index (χ4n) is 4.32. The van der Waals surface area contributed by atoms with Crippen molar-refractivity contribution in [1.29, 1.82) is 0 Å². The topological polar surface area (TPSA) is 69.7 Å². The van der Waals surface area contributed by atoms with Gasteiger partial charge in [-0.2, -0.15) is 4.31 Å². The van der Waals surface area contributed by atoms with Crippen LogP contribution < -0.4 is 5.32 Å². The number of benzene rings is 2. The summed E-state index contributed by atoms with van der Waals surface area (Å²) in [5.41, 5.74) is 1.49. The minimum absolute atomic E-state index is 0.0203. The maximum absolute atomic E-state index is 13.1. The van der Waals surface area contributed by atoms with Gasteiger partial charge in [0, 0.05) is 38.8 Å². The van der Waals surface area contributed by atoms with Crippen molar-refractivity contribution in [3.8, 4) is 0 Å². The van der Waals surface area contributed by atoms with Gasteiger partial charge in [0.25, 0.3) is 5.91 Å². The molecule has 1 N–H and O–H groups in total. The van der Waals surface area contributed by atoms with E-state index >= 15 is 0 Å². The Hall–Kier alpha value is -2.22. The van der Waals surface area contributed by atoms with Gasteiger partial charge in [-0.05, 0) is 37.0 Å². The Morgan fingerprint density at radius 1 is 0.933 bits per heavy atom. The fourth-order valence-corrected chi connectivity index (χ4v) is 6.03. The van der Waals surface area contributed by atoms with Crippen molar-refractivity contribution in [2.75, 3.05) is 26.2 Å². The molecule has 1 amide bonds. The number of sulfonamides is 1. The summed E-state index contributed by atoms with van der Waals surface area (Å²) in [6.07, 6.45) is 3.65. The molecule has 0 aliphatic carbocycles. The summed E-state index contributed by atoms with van der Waals surface area (Å²) in [6, 6.07) is 16.9. The molecule has 2 fully saturated rings. The van der Waals surface area contributed by atoms with Crippen LogP contribution in [-0.4, -0.2) is 55.8 Å². The molecule has 0 radical (unpaired) electrons. The maximum Gasteiger partial charge on any atom is 0.252 e. The largest absolute Gasteiger partial charge is 0.348 e. The molecule has 2 aromatic carbocycles. The average Bonchev–Trinajstić information content (AvgIpc) is 3.21. The molecule has 1 atom stereocenters. The Morgan fingerprint density at radius 2 is 1.63 bits per heavy atom. The third-order valence-electron chi connectivity index (χ3n) is 5.92. The summed E-state index contributed by atoms with van der Waals surface area (Å²) in [7, 11) is -3.66. The summed E-state index contributed by atoms with van der Waals surface area (Å²) in [6.45, 7) is 3.58. The maximum atomic E-state index is 13.1. The minimum Gasteiger partial charge on any atom is -0.348 e. The van der Waals surface area contributed by atoms with Crippen LogP contribution in [0.1, 0.15) is 41.6 Å². The number of rotatable bonds is 6. The van der Waals surface area contributed by atoms with Gasteiger partial charge >= 0.3 is 0 Å². The molecule has 160 valence electrons. The Bertz CT molecular complexity index is 972. The predicted molar refractivity (Wildman–Crippen MR) is 117 cm³/mol. The van der Waals surface area contributed by atoms with E-state index in [0.29, 0.717) is 13.1 Å². The molecule has 0 bridgehead atoms. The van der Waals surface area contributed by atoms with Gasteiger partial charge in [0.1, 0.15) is 0 Å². The molecule has 0 spiro atoms. The molecule has 30 heavy (non-hydrogen) atoms. The molecule has 2 aliphatic heterocycles. The van der Waals surface area contributed by atoms with Crippen LogP contribution in [0.15, 0.2) is 59.5 Å². The zero-order valence-corrected chi connectivity index (χ0v) is 18.0. The van der Waals surface area contributed by atoms with E-state index < -0.39 is 10.0 Å². The second-order valence-electron chi connectivity index (χ2n) is 8.14. The second kappa shape index (κ2) is 9.29. The summed E-state index contributed by atoms with van der Waals surface area (Å²) in [4.78, 5) is 15.4. The standard InChI is InChI=1S/C23H29N3O3S/c27-23(24-20-13-16-25(18-20)17-19-9-3-1-4-10-19)21-11-5-6-12-22(21)30(28,29)26-14-7-2-8-15-26/h1,3-6,9-12,20H,2,7-8,13-18H2,(H,24,27). The van der Waals surface area contributed by atoms with E-state index in [4.69, 9.17) is 0 Å². The molecule has 6 nitrogen and oxygen atoms in total. The van der Waals surface area contributed by atoms with Gasteiger partial charge in [-0.25, -0.2) is 8.42 Å². The molecular weight excluding hydrogens is 398 g/mol. The number of carbonyl (C=O) groups is 1. The first kappa shape index (κ1) is 21.0. The zero-order valence-electron chi connectivity index (χ0n) is 17.2. The molecule has 2 aliphatic rings. The smallest absolute Gasteiger partial charge is 0.252 e. The monoisotopic (exact) mass is 427 g/mol. The molecule has 2 saturated heterocycles. The Balaban J connectivity index is 1.43. The molecular formula is C23H29N3O3S. The van der Waals surface area contributed by atoms with E-state index in [0.717, 1.165) is 45.3 Å². The first-order chi connectivity index (χ1) is 14.5. The number of nitrogens with one attached hydrogen (secondary N) is 1. The number of likely N-dealkylation sites (tertiary alicyclic amines) is 1. The molecule has 2 aromatic rings. The molecule has 0 aromatic heterocycles. The van der Waals surface area contributed by atoms with E-state index in [2.05, 4.69) is 22.3 Å². The lowest BCUT2D eigenvalue weighted by Gasteiger charge is -2.26. The zero-order chi connectivity index (χ0) is 21.0. The number of amides is 1. The van der Waals surface area contributed by atoms with Gasteiger partial charge < -0.3 is 5.32 Å². The van der Waals surface area contributed by atoms with Crippen molar-refractivity contribution in [2.45, 2.75) is 43.2 Å². The lowest BCUT2D eigenvalue weighted by Crippen LogP contribution is -2.39. The number of hydrogen-bond donors (Lipinski definition) is 1. The van der Waals surface area contributed by atoms with Crippen LogP contribution >= 0.6 is 0 Å². The van der Waals surface area contributed by atoms with E-state index in [9.17, 15) is 13.2 Å². The van der Waals surface area contributed by atoms with Gasteiger partial charge in [-0.15, -0.1) is 0 Å².